The van der Waals surface area contributed by atoms with Gasteiger partial charge >= 0.3 is 0 Å². The third-order valence-electron chi connectivity index (χ3n) is 1.35. The van der Waals surface area contributed by atoms with Crippen LogP contribution in [0.1, 0.15) is 12.1 Å². The standard InChI is InChI=1S/C7H8F2N2O/c1-12-5-3-2-4(6(8)9)11-7(5)10/h2-3,6H,1H3,(H2,10,11). The summed E-state index contributed by atoms with van der Waals surface area (Å²) in [6.07, 6.45) is -2.60. The van der Waals surface area contributed by atoms with Crippen LogP contribution < -0.4 is 10.5 Å². The summed E-state index contributed by atoms with van der Waals surface area (Å²) in [4.78, 5) is 3.45. The van der Waals surface area contributed by atoms with E-state index in [1.54, 1.807) is 0 Å². The van der Waals surface area contributed by atoms with E-state index in [0.717, 1.165) is 0 Å². The number of hydrogen-bond acceptors (Lipinski definition) is 3. The number of nitrogens with zero attached hydrogens (tertiary/aromatic N) is 1. The fourth-order valence-corrected chi connectivity index (χ4v) is 0.772. The molecule has 2 N–H and O–H groups in total. The summed E-state index contributed by atoms with van der Waals surface area (Å²) in [6.45, 7) is 0. The van der Waals surface area contributed by atoms with Crippen molar-refractivity contribution < 1.29 is 13.5 Å². The predicted molar refractivity (Wildman–Crippen MR) is 40.2 cm³/mol. The van der Waals surface area contributed by atoms with Gasteiger partial charge in [-0.15, -0.1) is 0 Å². The highest BCUT2D eigenvalue weighted by Crippen LogP contribution is 2.23. The molecule has 66 valence electrons. The molecule has 3 nitrogen and oxygen atoms in total. The molecule has 0 saturated heterocycles. The molecule has 0 unspecified atom stereocenters. The summed E-state index contributed by atoms with van der Waals surface area (Å²) in [5.41, 5.74) is 4.96. The molecular weight excluding hydrogens is 166 g/mol. The maximum Gasteiger partial charge on any atom is 0.280 e. The number of aromatic nitrogens is 1. The van der Waals surface area contributed by atoms with E-state index in [-0.39, 0.29) is 11.5 Å². The van der Waals surface area contributed by atoms with Crippen LogP contribution in [0.4, 0.5) is 14.6 Å². The van der Waals surface area contributed by atoms with Crippen molar-refractivity contribution in [1.82, 2.24) is 4.98 Å². The maximum atomic E-state index is 12.0. The van der Waals surface area contributed by atoms with Crippen molar-refractivity contribution in [2.24, 2.45) is 0 Å². The van der Waals surface area contributed by atoms with Gasteiger partial charge in [-0.1, -0.05) is 0 Å². The van der Waals surface area contributed by atoms with Gasteiger partial charge < -0.3 is 10.5 Å². The molecule has 1 rings (SSSR count). The van der Waals surface area contributed by atoms with Gasteiger partial charge in [0.2, 0.25) is 0 Å². The number of halogens is 2. The summed E-state index contributed by atoms with van der Waals surface area (Å²) in [5.74, 6) is 0.287. The molecule has 1 heterocycles. The third-order valence-corrected chi connectivity index (χ3v) is 1.35. The molecule has 0 atom stereocenters. The highest BCUT2D eigenvalue weighted by molar-refractivity contribution is 5.46. The van der Waals surface area contributed by atoms with Crippen LogP contribution in [0.25, 0.3) is 0 Å². The minimum absolute atomic E-state index is 0.0182. The van der Waals surface area contributed by atoms with Crippen LogP contribution in [0.2, 0.25) is 0 Å². The fraction of sp³-hybridized carbons (Fsp3) is 0.286. The Hall–Kier alpha value is -1.39. The lowest BCUT2D eigenvalue weighted by Gasteiger charge is -2.04. The molecule has 0 amide bonds. The molecular formula is C7H8F2N2O. The molecule has 1 aromatic rings. The molecule has 0 aliphatic carbocycles. The maximum absolute atomic E-state index is 12.0. The average molecular weight is 174 g/mol. The quantitative estimate of drug-likeness (QED) is 0.740. The van der Waals surface area contributed by atoms with E-state index < -0.39 is 6.43 Å². The number of nitrogen functional groups attached to an aromatic ring is 1. The summed E-state index contributed by atoms with van der Waals surface area (Å²) in [6, 6.07) is 2.55. The van der Waals surface area contributed by atoms with Crippen molar-refractivity contribution in [2.75, 3.05) is 12.8 Å². The molecule has 0 fully saturated rings. The van der Waals surface area contributed by atoms with Crippen LogP contribution in [-0.4, -0.2) is 12.1 Å². The summed E-state index contributed by atoms with van der Waals surface area (Å²) < 4.78 is 28.8. The Kier molecular flexibility index (Phi) is 2.42. The molecule has 0 radical (unpaired) electrons. The van der Waals surface area contributed by atoms with Crippen LogP contribution in [-0.2, 0) is 0 Å². The monoisotopic (exact) mass is 174 g/mol. The Morgan fingerprint density at radius 2 is 2.17 bits per heavy atom. The SMILES string of the molecule is COc1ccc(C(F)F)nc1N. The molecule has 5 heteroatoms. The van der Waals surface area contributed by atoms with E-state index in [1.807, 2.05) is 0 Å². The van der Waals surface area contributed by atoms with Gasteiger partial charge in [-0.25, -0.2) is 13.8 Å². The summed E-state index contributed by atoms with van der Waals surface area (Å²) in [5, 5.41) is 0. The van der Waals surface area contributed by atoms with Crippen LogP contribution in [0, 0.1) is 0 Å². The van der Waals surface area contributed by atoms with Crippen molar-refractivity contribution in [1.29, 1.82) is 0 Å². The van der Waals surface area contributed by atoms with E-state index >= 15 is 0 Å². The van der Waals surface area contributed by atoms with Gasteiger partial charge in [0.25, 0.3) is 6.43 Å². The summed E-state index contributed by atoms with van der Waals surface area (Å²) in [7, 11) is 1.40. The minimum Gasteiger partial charge on any atom is -0.493 e. The topological polar surface area (TPSA) is 48.1 Å². The van der Waals surface area contributed by atoms with Gasteiger partial charge in [0.1, 0.15) is 5.69 Å². The first-order valence-corrected chi connectivity index (χ1v) is 3.23. The lowest BCUT2D eigenvalue weighted by atomic mass is 10.3. The predicted octanol–water partition coefficient (Wildman–Crippen LogP) is 1.61. The lowest BCUT2D eigenvalue weighted by Crippen LogP contribution is -1.99. The molecule has 0 bridgehead atoms. The Bertz CT molecular complexity index is 278. The Balaban J connectivity index is 3.02. The van der Waals surface area contributed by atoms with E-state index in [0.29, 0.717) is 5.75 Å². The first-order chi connectivity index (χ1) is 5.65. The van der Waals surface area contributed by atoms with Crippen LogP contribution in [0.5, 0.6) is 5.75 Å². The molecule has 0 spiro atoms. The Labute approximate surface area is 68.2 Å². The Morgan fingerprint density at radius 1 is 1.50 bits per heavy atom. The fourth-order valence-electron chi connectivity index (χ4n) is 0.772. The first-order valence-electron chi connectivity index (χ1n) is 3.23. The van der Waals surface area contributed by atoms with Crippen molar-refractivity contribution in [3.05, 3.63) is 17.8 Å². The van der Waals surface area contributed by atoms with Crippen LogP contribution in [0.15, 0.2) is 12.1 Å². The highest BCUT2D eigenvalue weighted by Gasteiger charge is 2.10. The second kappa shape index (κ2) is 3.34. The number of ether oxygens (including phenoxy) is 1. The van der Waals surface area contributed by atoms with Crippen molar-refractivity contribution in [3.63, 3.8) is 0 Å². The average Bonchev–Trinajstić information content (AvgIpc) is 2.04. The number of alkyl halides is 2. The van der Waals surface area contributed by atoms with Gasteiger partial charge in [0.05, 0.1) is 7.11 Å². The van der Waals surface area contributed by atoms with E-state index in [1.165, 1.54) is 19.2 Å². The number of nitrogens with two attached hydrogens (primary N) is 1. The normalized spacial score (nSPS) is 10.3. The number of hydrogen-bond donors (Lipinski definition) is 1. The van der Waals surface area contributed by atoms with E-state index in [9.17, 15) is 8.78 Å². The highest BCUT2D eigenvalue weighted by atomic mass is 19.3. The molecule has 1 aromatic heterocycles. The second-order valence-corrected chi connectivity index (χ2v) is 2.12. The first kappa shape index (κ1) is 8.70. The number of pyridine rings is 1. The van der Waals surface area contributed by atoms with Crippen LogP contribution in [0.3, 0.4) is 0 Å². The van der Waals surface area contributed by atoms with E-state index in [4.69, 9.17) is 10.5 Å². The minimum atomic E-state index is -2.60. The number of anilines is 1. The van der Waals surface area contributed by atoms with Crippen molar-refractivity contribution >= 4 is 5.82 Å². The van der Waals surface area contributed by atoms with Gasteiger partial charge in [-0.3, -0.25) is 0 Å². The zero-order chi connectivity index (χ0) is 9.14. The smallest absolute Gasteiger partial charge is 0.280 e. The van der Waals surface area contributed by atoms with Gasteiger partial charge in [0, 0.05) is 0 Å². The molecule has 0 aromatic carbocycles. The number of methoxy groups -OCH3 is 1. The zero-order valence-corrected chi connectivity index (χ0v) is 6.42. The molecule has 0 aliphatic heterocycles. The van der Waals surface area contributed by atoms with Gasteiger partial charge in [-0.05, 0) is 12.1 Å². The van der Waals surface area contributed by atoms with Crippen molar-refractivity contribution in [3.8, 4) is 5.75 Å². The van der Waals surface area contributed by atoms with Gasteiger partial charge in [0.15, 0.2) is 11.6 Å². The third kappa shape index (κ3) is 1.61. The van der Waals surface area contributed by atoms with E-state index in [2.05, 4.69) is 4.98 Å². The molecule has 0 aliphatic rings. The second-order valence-electron chi connectivity index (χ2n) is 2.12. The number of rotatable bonds is 2. The Morgan fingerprint density at radius 3 is 2.58 bits per heavy atom. The summed E-state index contributed by atoms with van der Waals surface area (Å²) >= 11 is 0. The van der Waals surface area contributed by atoms with Gasteiger partial charge in [-0.2, -0.15) is 0 Å². The van der Waals surface area contributed by atoms with Crippen molar-refractivity contribution in [2.45, 2.75) is 6.43 Å². The zero-order valence-electron chi connectivity index (χ0n) is 6.42. The molecule has 12 heavy (non-hydrogen) atoms. The van der Waals surface area contributed by atoms with Crippen LogP contribution >= 0.6 is 0 Å². The molecule has 0 saturated carbocycles. The largest absolute Gasteiger partial charge is 0.493 e. The lowest BCUT2D eigenvalue weighted by molar-refractivity contribution is 0.146.